The molecule has 1 heterocycles. The molecule has 110 valence electrons. The number of hydrogen-bond donors (Lipinski definition) is 1. The molecule has 0 saturated carbocycles. The van der Waals surface area contributed by atoms with E-state index in [2.05, 4.69) is 5.32 Å². The second-order valence-corrected chi connectivity index (χ2v) is 4.90. The standard InChI is InChI=1S/C16H15F2NO2/c1-10(11-2-4-13(17)14(18)8-11)19-12-3-5-15-16(9-12)21-7-6-20-15/h2-5,8-10,19H,6-7H2,1H3. The molecule has 0 radical (unpaired) electrons. The fraction of sp³-hybridized carbons (Fsp3) is 0.250. The Hall–Kier alpha value is -2.30. The highest BCUT2D eigenvalue weighted by molar-refractivity contribution is 5.56. The van der Waals surface area contributed by atoms with E-state index in [-0.39, 0.29) is 6.04 Å². The lowest BCUT2D eigenvalue weighted by Crippen LogP contribution is -2.15. The molecule has 0 amide bonds. The second-order valence-electron chi connectivity index (χ2n) is 4.90. The van der Waals surface area contributed by atoms with Gasteiger partial charge in [-0.2, -0.15) is 0 Å². The maximum Gasteiger partial charge on any atom is 0.163 e. The van der Waals surface area contributed by atoms with Gasteiger partial charge in [0.2, 0.25) is 0 Å². The molecule has 1 unspecified atom stereocenters. The molecule has 1 N–H and O–H groups in total. The van der Waals surface area contributed by atoms with Crippen molar-refractivity contribution in [2.24, 2.45) is 0 Å². The van der Waals surface area contributed by atoms with Crippen LogP contribution in [-0.2, 0) is 0 Å². The van der Waals surface area contributed by atoms with E-state index in [9.17, 15) is 8.78 Å². The topological polar surface area (TPSA) is 30.5 Å². The third-order valence-electron chi connectivity index (χ3n) is 3.37. The summed E-state index contributed by atoms with van der Waals surface area (Å²) >= 11 is 0. The summed E-state index contributed by atoms with van der Waals surface area (Å²) in [7, 11) is 0. The quantitative estimate of drug-likeness (QED) is 0.930. The summed E-state index contributed by atoms with van der Waals surface area (Å²) in [4.78, 5) is 0. The lowest BCUT2D eigenvalue weighted by Gasteiger charge is -2.21. The van der Waals surface area contributed by atoms with E-state index < -0.39 is 11.6 Å². The van der Waals surface area contributed by atoms with Gasteiger partial charge in [-0.1, -0.05) is 6.07 Å². The number of rotatable bonds is 3. The molecule has 2 aromatic rings. The van der Waals surface area contributed by atoms with Crippen molar-refractivity contribution >= 4 is 5.69 Å². The second kappa shape index (κ2) is 5.60. The smallest absolute Gasteiger partial charge is 0.163 e. The number of hydrogen-bond acceptors (Lipinski definition) is 3. The van der Waals surface area contributed by atoms with Crippen LogP contribution in [0.5, 0.6) is 11.5 Å². The van der Waals surface area contributed by atoms with Gasteiger partial charge in [-0.15, -0.1) is 0 Å². The van der Waals surface area contributed by atoms with Gasteiger partial charge in [0.15, 0.2) is 23.1 Å². The van der Waals surface area contributed by atoms with E-state index in [1.54, 1.807) is 6.07 Å². The Kier molecular flexibility index (Phi) is 3.64. The number of halogens is 2. The first-order valence-corrected chi connectivity index (χ1v) is 6.74. The number of anilines is 1. The van der Waals surface area contributed by atoms with Crippen LogP contribution in [0, 0.1) is 11.6 Å². The summed E-state index contributed by atoms with van der Waals surface area (Å²) in [5, 5.41) is 3.23. The van der Waals surface area contributed by atoms with Crippen LogP contribution in [0.15, 0.2) is 36.4 Å². The van der Waals surface area contributed by atoms with Gasteiger partial charge in [-0.25, -0.2) is 8.78 Å². The van der Waals surface area contributed by atoms with Crippen LogP contribution in [0.3, 0.4) is 0 Å². The van der Waals surface area contributed by atoms with Crippen LogP contribution in [-0.4, -0.2) is 13.2 Å². The average molecular weight is 291 g/mol. The molecule has 1 atom stereocenters. The van der Waals surface area contributed by atoms with Gasteiger partial charge in [0, 0.05) is 17.8 Å². The first-order chi connectivity index (χ1) is 10.1. The van der Waals surface area contributed by atoms with Crippen LogP contribution in [0.1, 0.15) is 18.5 Å². The van der Waals surface area contributed by atoms with Crippen molar-refractivity contribution in [2.75, 3.05) is 18.5 Å². The molecule has 0 bridgehead atoms. The summed E-state index contributed by atoms with van der Waals surface area (Å²) in [6, 6.07) is 9.26. The number of nitrogens with one attached hydrogen (secondary N) is 1. The highest BCUT2D eigenvalue weighted by Crippen LogP contribution is 2.33. The molecule has 3 rings (SSSR count). The predicted molar refractivity (Wildman–Crippen MR) is 75.8 cm³/mol. The monoisotopic (exact) mass is 291 g/mol. The van der Waals surface area contributed by atoms with Gasteiger partial charge in [0.25, 0.3) is 0 Å². The van der Waals surface area contributed by atoms with Crippen molar-refractivity contribution in [3.63, 3.8) is 0 Å². The van der Waals surface area contributed by atoms with E-state index in [1.165, 1.54) is 6.07 Å². The predicted octanol–water partition coefficient (Wildman–Crippen LogP) is 3.91. The molecule has 21 heavy (non-hydrogen) atoms. The maximum absolute atomic E-state index is 13.3. The van der Waals surface area contributed by atoms with Crippen LogP contribution < -0.4 is 14.8 Å². The maximum atomic E-state index is 13.3. The normalized spacial score (nSPS) is 14.6. The Labute approximate surface area is 121 Å². The molecule has 0 aliphatic carbocycles. The van der Waals surface area contributed by atoms with Gasteiger partial charge >= 0.3 is 0 Å². The Morgan fingerprint density at radius 1 is 0.952 bits per heavy atom. The zero-order valence-electron chi connectivity index (χ0n) is 11.5. The molecule has 1 aliphatic rings. The molecule has 0 saturated heterocycles. The fourth-order valence-corrected chi connectivity index (χ4v) is 2.25. The van der Waals surface area contributed by atoms with Gasteiger partial charge < -0.3 is 14.8 Å². The third-order valence-corrected chi connectivity index (χ3v) is 3.37. The average Bonchev–Trinajstić information content (AvgIpc) is 2.50. The van der Waals surface area contributed by atoms with Crippen LogP contribution >= 0.6 is 0 Å². The van der Waals surface area contributed by atoms with E-state index in [1.807, 2.05) is 25.1 Å². The Morgan fingerprint density at radius 2 is 1.71 bits per heavy atom. The van der Waals surface area contributed by atoms with Crippen molar-refractivity contribution in [3.05, 3.63) is 53.6 Å². The first kappa shape index (κ1) is 13.7. The summed E-state index contributed by atoms with van der Waals surface area (Å²) in [5.41, 5.74) is 1.50. The fourth-order valence-electron chi connectivity index (χ4n) is 2.25. The minimum atomic E-state index is -0.844. The van der Waals surface area contributed by atoms with Gasteiger partial charge in [-0.05, 0) is 36.8 Å². The summed E-state index contributed by atoms with van der Waals surface area (Å²) < 4.78 is 37.2. The van der Waals surface area contributed by atoms with Crippen LogP contribution in [0.4, 0.5) is 14.5 Å². The SMILES string of the molecule is CC(Nc1ccc2c(c1)OCCO2)c1ccc(F)c(F)c1. The van der Waals surface area contributed by atoms with E-state index >= 15 is 0 Å². The Morgan fingerprint density at radius 3 is 2.48 bits per heavy atom. The van der Waals surface area contributed by atoms with Gasteiger partial charge in [0.1, 0.15) is 13.2 Å². The van der Waals surface area contributed by atoms with Gasteiger partial charge in [0.05, 0.1) is 0 Å². The minimum Gasteiger partial charge on any atom is -0.486 e. The Balaban J connectivity index is 1.77. The van der Waals surface area contributed by atoms with Crippen LogP contribution in [0.25, 0.3) is 0 Å². The lowest BCUT2D eigenvalue weighted by atomic mass is 10.1. The zero-order valence-corrected chi connectivity index (χ0v) is 11.5. The number of ether oxygens (including phenoxy) is 2. The lowest BCUT2D eigenvalue weighted by molar-refractivity contribution is 0.171. The van der Waals surface area contributed by atoms with Crippen molar-refractivity contribution < 1.29 is 18.3 Å². The van der Waals surface area contributed by atoms with E-state index in [4.69, 9.17) is 9.47 Å². The molecule has 5 heteroatoms. The molecular weight excluding hydrogens is 276 g/mol. The van der Waals surface area contributed by atoms with Crippen molar-refractivity contribution in [1.82, 2.24) is 0 Å². The third kappa shape index (κ3) is 2.91. The molecule has 0 spiro atoms. The molecule has 0 aromatic heterocycles. The zero-order chi connectivity index (χ0) is 14.8. The molecule has 2 aromatic carbocycles. The molecule has 0 fully saturated rings. The molecule has 1 aliphatic heterocycles. The van der Waals surface area contributed by atoms with Crippen molar-refractivity contribution in [2.45, 2.75) is 13.0 Å². The number of fused-ring (bicyclic) bond motifs is 1. The highest BCUT2D eigenvalue weighted by Gasteiger charge is 2.14. The summed E-state index contributed by atoms with van der Waals surface area (Å²) in [6.45, 7) is 2.95. The summed E-state index contributed by atoms with van der Waals surface area (Å²) in [6.07, 6.45) is 0. The molecular formula is C16H15F2NO2. The highest BCUT2D eigenvalue weighted by atomic mass is 19.2. The van der Waals surface area contributed by atoms with Gasteiger partial charge in [-0.3, -0.25) is 0 Å². The van der Waals surface area contributed by atoms with Crippen molar-refractivity contribution in [3.8, 4) is 11.5 Å². The summed E-state index contributed by atoms with van der Waals surface area (Å²) in [5.74, 6) is -0.287. The molecule has 3 nitrogen and oxygen atoms in total. The van der Waals surface area contributed by atoms with E-state index in [0.717, 1.165) is 11.8 Å². The minimum absolute atomic E-state index is 0.164. The van der Waals surface area contributed by atoms with Crippen LogP contribution in [0.2, 0.25) is 0 Å². The number of benzene rings is 2. The first-order valence-electron chi connectivity index (χ1n) is 6.74. The Bertz CT molecular complexity index is 661. The largest absolute Gasteiger partial charge is 0.486 e. The van der Waals surface area contributed by atoms with Crippen molar-refractivity contribution in [1.29, 1.82) is 0 Å². The van der Waals surface area contributed by atoms with E-state index in [0.29, 0.717) is 30.3 Å².